The van der Waals surface area contributed by atoms with Crippen LogP contribution in [-0.4, -0.2) is 15.4 Å². The van der Waals surface area contributed by atoms with Crippen molar-refractivity contribution in [1.29, 1.82) is 0 Å². The number of alkyl halides is 1. The third kappa shape index (κ3) is 2.39. The van der Waals surface area contributed by atoms with Gasteiger partial charge in [-0.15, -0.1) is 0 Å². The Morgan fingerprint density at radius 2 is 2.13 bits per heavy atom. The van der Waals surface area contributed by atoms with E-state index in [1.165, 1.54) is 5.56 Å². The quantitative estimate of drug-likeness (QED) is 0.748. The van der Waals surface area contributed by atoms with Gasteiger partial charge < -0.3 is 0 Å². The standard InChI is InChI=1S/C12H19FN2/c1-10(2)11-7-14-15(8-11)9-12(13)5-3-4-6-12/h7-8,10H,3-6,9H2,1-2H3. The topological polar surface area (TPSA) is 17.8 Å². The fourth-order valence-electron chi connectivity index (χ4n) is 2.22. The SMILES string of the molecule is CC(C)c1cnn(CC2(F)CCCC2)c1. The minimum atomic E-state index is -1.000. The first-order valence-corrected chi connectivity index (χ1v) is 5.80. The molecule has 2 nitrogen and oxygen atoms in total. The minimum Gasteiger partial charge on any atom is -0.269 e. The Balaban J connectivity index is 2.04. The molecule has 0 saturated heterocycles. The molecule has 0 atom stereocenters. The molecular formula is C12H19FN2. The predicted molar refractivity (Wildman–Crippen MR) is 58.6 cm³/mol. The second-order valence-electron chi connectivity index (χ2n) is 4.98. The Morgan fingerprint density at radius 3 is 2.67 bits per heavy atom. The summed E-state index contributed by atoms with van der Waals surface area (Å²) in [4.78, 5) is 0. The van der Waals surface area contributed by atoms with E-state index < -0.39 is 5.67 Å². The summed E-state index contributed by atoms with van der Waals surface area (Å²) in [6.45, 7) is 4.68. The third-order valence-corrected chi connectivity index (χ3v) is 3.26. The van der Waals surface area contributed by atoms with E-state index in [0.29, 0.717) is 25.3 Å². The van der Waals surface area contributed by atoms with Gasteiger partial charge in [-0.2, -0.15) is 5.10 Å². The van der Waals surface area contributed by atoms with Crippen LogP contribution < -0.4 is 0 Å². The monoisotopic (exact) mass is 210 g/mol. The highest BCUT2D eigenvalue weighted by Gasteiger charge is 2.34. The Morgan fingerprint density at radius 1 is 1.47 bits per heavy atom. The largest absolute Gasteiger partial charge is 0.269 e. The Labute approximate surface area is 90.5 Å². The molecule has 2 rings (SSSR count). The predicted octanol–water partition coefficient (Wildman–Crippen LogP) is 3.29. The molecule has 0 radical (unpaired) electrons. The lowest BCUT2D eigenvalue weighted by Crippen LogP contribution is -2.25. The molecule has 0 spiro atoms. The Hall–Kier alpha value is -0.860. The van der Waals surface area contributed by atoms with Gasteiger partial charge in [0, 0.05) is 6.20 Å². The fourth-order valence-corrected chi connectivity index (χ4v) is 2.22. The van der Waals surface area contributed by atoms with E-state index in [9.17, 15) is 4.39 Å². The second-order valence-corrected chi connectivity index (χ2v) is 4.98. The van der Waals surface area contributed by atoms with Gasteiger partial charge in [0.15, 0.2) is 0 Å². The van der Waals surface area contributed by atoms with Crippen LogP contribution >= 0.6 is 0 Å². The molecule has 0 unspecified atom stereocenters. The molecule has 84 valence electrons. The number of hydrogen-bond acceptors (Lipinski definition) is 1. The van der Waals surface area contributed by atoms with Gasteiger partial charge in [-0.3, -0.25) is 4.68 Å². The number of rotatable bonds is 3. The first-order valence-electron chi connectivity index (χ1n) is 5.80. The molecule has 0 aromatic carbocycles. The van der Waals surface area contributed by atoms with Gasteiger partial charge in [0.1, 0.15) is 5.67 Å². The molecule has 3 heteroatoms. The summed E-state index contributed by atoms with van der Waals surface area (Å²) < 4.78 is 15.9. The maximum Gasteiger partial charge on any atom is 0.130 e. The van der Waals surface area contributed by atoms with Gasteiger partial charge >= 0.3 is 0 Å². The molecule has 0 N–H and O–H groups in total. The molecular weight excluding hydrogens is 191 g/mol. The molecule has 1 aromatic rings. The van der Waals surface area contributed by atoms with E-state index >= 15 is 0 Å². The number of nitrogens with zero attached hydrogens (tertiary/aromatic N) is 2. The molecule has 1 saturated carbocycles. The van der Waals surface area contributed by atoms with Crippen molar-refractivity contribution in [3.8, 4) is 0 Å². The van der Waals surface area contributed by atoms with E-state index in [4.69, 9.17) is 0 Å². The van der Waals surface area contributed by atoms with Crippen molar-refractivity contribution in [2.24, 2.45) is 0 Å². The first-order chi connectivity index (χ1) is 7.09. The molecule has 1 aliphatic rings. The zero-order chi connectivity index (χ0) is 10.9. The summed E-state index contributed by atoms with van der Waals surface area (Å²) in [6, 6.07) is 0. The molecule has 1 aliphatic carbocycles. The van der Waals surface area contributed by atoms with Crippen molar-refractivity contribution in [3.63, 3.8) is 0 Å². The van der Waals surface area contributed by atoms with Crippen LogP contribution in [0.2, 0.25) is 0 Å². The summed E-state index contributed by atoms with van der Waals surface area (Å²) in [5, 5.41) is 4.22. The van der Waals surface area contributed by atoms with E-state index in [1.54, 1.807) is 4.68 Å². The van der Waals surface area contributed by atoms with Crippen LogP contribution in [-0.2, 0) is 6.54 Å². The highest BCUT2D eigenvalue weighted by atomic mass is 19.1. The van der Waals surface area contributed by atoms with Crippen molar-refractivity contribution >= 4 is 0 Å². The van der Waals surface area contributed by atoms with E-state index in [2.05, 4.69) is 18.9 Å². The van der Waals surface area contributed by atoms with E-state index in [1.807, 2.05) is 12.4 Å². The van der Waals surface area contributed by atoms with Gasteiger partial charge in [-0.1, -0.05) is 26.7 Å². The average molecular weight is 210 g/mol. The van der Waals surface area contributed by atoms with Crippen LogP contribution in [0.3, 0.4) is 0 Å². The lowest BCUT2D eigenvalue weighted by Gasteiger charge is -2.18. The first kappa shape index (κ1) is 10.7. The van der Waals surface area contributed by atoms with Crippen LogP contribution in [0.5, 0.6) is 0 Å². The second kappa shape index (κ2) is 3.95. The summed E-state index contributed by atoms with van der Waals surface area (Å²) in [6.07, 6.45) is 7.27. The zero-order valence-electron chi connectivity index (χ0n) is 9.54. The highest BCUT2D eigenvalue weighted by Crippen LogP contribution is 2.34. The van der Waals surface area contributed by atoms with E-state index in [-0.39, 0.29) is 0 Å². The molecule has 0 bridgehead atoms. The summed E-state index contributed by atoms with van der Waals surface area (Å²) in [5.74, 6) is 0.470. The van der Waals surface area contributed by atoms with Gasteiger partial charge in [0.05, 0.1) is 12.7 Å². The van der Waals surface area contributed by atoms with Crippen LogP contribution in [0.4, 0.5) is 4.39 Å². The van der Waals surface area contributed by atoms with Crippen LogP contribution in [0.1, 0.15) is 51.0 Å². The number of halogens is 1. The summed E-state index contributed by atoms with van der Waals surface area (Å²) in [7, 11) is 0. The Bertz CT molecular complexity index is 324. The molecule has 1 heterocycles. The van der Waals surface area contributed by atoms with Crippen LogP contribution in [0, 0.1) is 0 Å². The maximum atomic E-state index is 14.1. The normalized spacial score (nSPS) is 20.0. The van der Waals surface area contributed by atoms with Crippen molar-refractivity contribution in [1.82, 2.24) is 9.78 Å². The van der Waals surface area contributed by atoms with Gasteiger partial charge in [-0.25, -0.2) is 4.39 Å². The average Bonchev–Trinajstić information content (AvgIpc) is 2.75. The maximum absolute atomic E-state index is 14.1. The molecule has 15 heavy (non-hydrogen) atoms. The lowest BCUT2D eigenvalue weighted by molar-refractivity contribution is 0.139. The molecule has 1 aromatic heterocycles. The van der Waals surface area contributed by atoms with Crippen molar-refractivity contribution in [2.75, 3.05) is 0 Å². The molecule has 1 fully saturated rings. The smallest absolute Gasteiger partial charge is 0.130 e. The number of hydrogen-bond donors (Lipinski definition) is 0. The van der Waals surface area contributed by atoms with Crippen molar-refractivity contribution in [2.45, 2.75) is 57.7 Å². The fraction of sp³-hybridized carbons (Fsp3) is 0.750. The van der Waals surface area contributed by atoms with Crippen molar-refractivity contribution in [3.05, 3.63) is 18.0 Å². The molecule has 0 amide bonds. The Kier molecular flexibility index (Phi) is 2.81. The van der Waals surface area contributed by atoms with Crippen molar-refractivity contribution < 1.29 is 4.39 Å². The summed E-state index contributed by atoms with van der Waals surface area (Å²) >= 11 is 0. The minimum absolute atomic E-state index is 0.430. The van der Waals surface area contributed by atoms with Crippen LogP contribution in [0.25, 0.3) is 0 Å². The highest BCUT2D eigenvalue weighted by molar-refractivity contribution is 5.09. The van der Waals surface area contributed by atoms with Gasteiger partial charge in [0.2, 0.25) is 0 Å². The van der Waals surface area contributed by atoms with Crippen LogP contribution in [0.15, 0.2) is 12.4 Å². The summed E-state index contributed by atoms with van der Waals surface area (Å²) in [5.41, 5.74) is 0.192. The molecule has 0 aliphatic heterocycles. The zero-order valence-corrected chi connectivity index (χ0v) is 9.54. The van der Waals surface area contributed by atoms with Gasteiger partial charge in [-0.05, 0) is 24.3 Å². The third-order valence-electron chi connectivity index (χ3n) is 3.26. The van der Waals surface area contributed by atoms with Gasteiger partial charge in [0.25, 0.3) is 0 Å². The number of aromatic nitrogens is 2. The lowest BCUT2D eigenvalue weighted by atomic mass is 10.1. The van der Waals surface area contributed by atoms with E-state index in [0.717, 1.165) is 12.8 Å².